The van der Waals surface area contributed by atoms with Gasteiger partial charge < -0.3 is 37.8 Å². The number of rotatable bonds is 17. The third kappa shape index (κ3) is 13.8. The van der Waals surface area contributed by atoms with Crippen molar-refractivity contribution in [3.63, 3.8) is 0 Å². The van der Waals surface area contributed by atoms with Crippen molar-refractivity contribution in [3.05, 3.63) is 102 Å². The van der Waals surface area contributed by atoms with E-state index in [2.05, 4.69) is 44.7 Å². The number of nitrogens with one attached hydrogen (secondary N) is 6. The SMILES string of the molecule is C[C@H](NC(=O)[C@@H](N)Cc1ccc(O)cc1)C(=O)NCC(=O)N[C@@H](Cc1ccccc1)C(=O)NNC(=O)[C@H](Cc1ccccc1)NC(=O)[C@@H](N)CS. The van der Waals surface area contributed by atoms with Crippen LogP contribution < -0.4 is 43.6 Å². The summed E-state index contributed by atoms with van der Waals surface area (Å²) in [5.41, 5.74) is 18.5. The van der Waals surface area contributed by atoms with E-state index in [0.29, 0.717) is 11.1 Å². The summed E-state index contributed by atoms with van der Waals surface area (Å²) in [6.07, 6.45) is 0.302. The van der Waals surface area contributed by atoms with Gasteiger partial charge in [0.15, 0.2) is 0 Å². The molecule has 0 bridgehead atoms. The molecule has 0 aliphatic carbocycles. The molecule has 0 saturated heterocycles. The first-order valence-electron chi connectivity index (χ1n) is 16.1. The fourth-order valence-electron chi connectivity index (χ4n) is 4.71. The van der Waals surface area contributed by atoms with Gasteiger partial charge in [-0.2, -0.15) is 12.6 Å². The number of carbonyl (C=O) groups excluding carboxylic acids is 6. The highest BCUT2D eigenvalue weighted by Gasteiger charge is 2.27. The average Bonchev–Trinajstić information content (AvgIpc) is 3.13. The van der Waals surface area contributed by atoms with E-state index < -0.39 is 72.2 Å². The van der Waals surface area contributed by atoms with E-state index in [0.717, 1.165) is 5.56 Å². The van der Waals surface area contributed by atoms with E-state index in [4.69, 9.17) is 11.5 Å². The van der Waals surface area contributed by atoms with Gasteiger partial charge >= 0.3 is 0 Å². The maximum Gasteiger partial charge on any atom is 0.261 e. The third-order valence-corrected chi connectivity index (χ3v) is 7.99. The summed E-state index contributed by atoms with van der Waals surface area (Å²) in [7, 11) is 0. The van der Waals surface area contributed by atoms with Crippen LogP contribution in [0.2, 0.25) is 0 Å². The maximum absolute atomic E-state index is 13.3. The summed E-state index contributed by atoms with van der Waals surface area (Å²) in [5, 5.41) is 19.5. The van der Waals surface area contributed by atoms with E-state index in [1.165, 1.54) is 19.1 Å². The summed E-state index contributed by atoms with van der Waals surface area (Å²) in [6.45, 7) is 0.895. The zero-order valence-electron chi connectivity index (χ0n) is 28.0. The second-order valence-corrected chi connectivity index (χ2v) is 12.1. The molecule has 3 aromatic carbocycles. The largest absolute Gasteiger partial charge is 0.508 e. The van der Waals surface area contributed by atoms with Crippen molar-refractivity contribution in [1.82, 2.24) is 32.1 Å². The molecule has 11 N–H and O–H groups in total. The summed E-state index contributed by atoms with van der Waals surface area (Å²) in [6, 6.07) is 18.6. The molecule has 6 amide bonds. The molecular weight excluding hydrogens is 677 g/mol. The quantitative estimate of drug-likeness (QED) is 0.0590. The normalized spacial score (nSPS) is 13.6. The lowest BCUT2D eigenvalue weighted by atomic mass is 10.0. The van der Waals surface area contributed by atoms with Crippen molar-refractivity contribution in [2.45, 2.75) is 56.4 Å². The topological polar surface area (TPSA) is 247 Å². The van der Waals surface area contributed by atoms with Gasteiger partial charge in [0.1, 0.15) is 23.9 Å². The highest BCUT2D eigenvalue weighted by Crippen LogP contribution is 2.11. The lowest BCUT2D eigenvalue weighted by molar-refractivity contribution is -0.134. The van der Waals surface area contributed by atoms with Crippen molar-refractivity contribution in [3.8, 4) is 5.75 Å². The molecular formula is C35H44N8O7S. The molecule has 15 nitrogen and oxygen atoms in total. The van der Waals surface area contributed by atoms with Gasteiger partial charge in [0, 0.05) is 18.6 Å². The molecule has 0 aliphatic rings. The Balaban J connectivity index is 1.58. The van der Waals surface area contributed by atoms with Crippen molar-refractivity contribution >= 4 is 48.1 Å². The van der Waals surface area contributed by atoms with Gasteiger partial charge in [0.25, 0.3) is 11.8 Å². The molecule has 272 valence electrons. The standard InChI is InChI=1S/C35H44N8O7S/c1-21(39-32(47)26(36)16-24-12-14-25(44)15-13-24)31(46)38-19-30(45)40-28(17-22-8-4-2-5-9-22)34(49)42-43-35(50)29(41-33(48)27(37)20-51)18-23-10-6-3-7-11-23/h2-15,21,26-29,44,51H,16-20,36-37H2,1H3,(H,38,46)(H,39,47)(H,40,45)(H,41,48)(H,42,49)(H,43,50)/t21-,26-,27-,28-,29-/m0/s1. The number of thiol groups is 1. The fourth-order valence-corrected chi connectivity index (χ4v) is 4.87. The van der Waals surface area contributed by atoms with Crippen LogP contribution in [0.4, 0.5) is 0 Å². The Morgan fingerprint density at radius 3 is 1.59 bits per heavy atom. The van der Waals surface area contributed by atoms with Gasteiger partial charge in [-0.25, -0.2) is 0 Å². The third-order valence-electron chi connectivity index (χ3n) is 7.60. The monoisotopic (exact) mass is 720 g/mol. The molecule has 0 aliphatic heterocycles. The Bertz CT molecular complexity index is 1630. The van der Waals surface area contributed by atoms with Gasteiger partial charge in [-0.15, -0.1) is 0 Å². The van der Waals surface area contributed by atoms with E-state index in [-0.39, 0.29) is 30.8 Å². The van der Waals surface area contributed by atoms with Crippen LogP contribution >= 0.6 is 12.6 Å². The maximum atomic E-state index is 13.3. The van der Waals surface area contributed by atoms with Crippen molar-refractivity contribution < 1.29 is 33.9 Å². The predicted octanol–water partition coefficient (Wildman–Crippen LogP) is -1.26. The number of amides is 6. The van der Waals surface area contributed by atoms with Crippen molar-refractivity contribution in [2.24, 2.45) is 11.5 Å². The Labute approximate surface area is 301 Å². The van der Waals surface area contributed by atoms with E-state index >= 15 is 0 Å². The smallest absolute Gasteiger partial charge is 0.261 e. The molecule has 3 aromatic rings. The van der Waals surface area contributed by atoms with Crippen LogP contribution in [0.25, 0.3) is 0 Å². The second kappa shape index (κ2) is 20.3. The number of phenolic OH excluding ortho intramolecular Hbond substituents is 1. The lowest BCUT2D eigenvalue weighted by Crippen LogP contribution is -2.59. The number of carbonyl (C=O) groups is 6. The Morgan fingerprint density at radius 2 is 1.08 bits per heavy atom. The molecule has 5 atom stereocenters. The van der Waals surface area contributed by atoms with Crippen LogP contribution in [0.1, 0.15) is 23.6 Å². The lowest BCUT2D eigenvalue weighted by Gasteiger charge is -2.23. The number of phenols is 1. The second-order valence-electron chi connectivity index (χ2n) is 11.8. The number of hydrogen-bond acceptors (Lipinski definition) is 10. The first kappa shape index (κ1) is 40.0. The van der Waals surface area contributed by atoms with E-state index in [9.17, 15) is 33.9 Å². The first-order chi connectivity index (χ1) is 24.4. The molecule has 0 heterocycles. The van der Waals surface area contributed by atoms with Crippen LogP contribution in [0.3, 0.4) is 0 Å². The molecule has 51 heavy (non-hydrogen) atoms. The van der Waals surface area contributed by atoms with Gasteiger partial charge in [-0.1, -0.05) is 72.8 Å². The Morgan fingerprint density at radius 1 is 0.608 bits per heavy atom. The van der Waals surface area contributed by atoms with Gasteiger partial charge in [0.05, 0.1) is 18.6 Å². The van der Waals surface area contributed by atoms with E-state index in [1.54, 1.807) is 72.8 Å². The number of hydrazine groups is 1. The summed E-state index contributed by atoms with van der Waals surface area (Å²) in [5.74, 6) is -3.96. The molecule has 0 fully saturated rings. The molecule has 0 spiro atoms. The molecule has 16 heteroatoms. The van der Waals surface area contributed by atoms with Crippen molar-refractivity contribution in [1.29, 1.82) is 0 Å². The van der Waals surface area contributed by atoms with Crippen molar-refractivity contribution in [2.75, 3.05) is 12.3 Å². The molecule has 0 radical (unpaired) electrons. The summed E-state index contributed by atoms with van der Waals surface area (Å²) >= 11 is 4.03. The van der Waals surface area contributed by atoms with Crippen LogP contribution in [-0.2, 0) is 48.0 Å². The van der Waals surface area contributed by atoms with Gasteiger partial charge in [-0.3, -0.25) is 39.6 Å². The Kier molecular flexibility index (Phi) is 15.9. The molecule has 3 rings (SSSR count). The zero-order valence-corrected chi connectivity index (χ0v) is 28.9. The summed E-state index contributed by atoms with van der Waals surface area (Å²) in [4.78, 5) is 77.1. The molecule has 0 aromatic heterocycles. The highest BCUT2D eigenvalue weighted by molar-refractivity contribution is 7.80. The number of nitrogens with two attached hydrogens (primary N) is 2. The van der Waals surface area contributed by atoms with Gasteiger partial charge in [0.2, 0.25) is 23.6 Å². The molecule has 0 saturated carbocycles. The Hall–Kier alpha value is -5.45. The van der Waals surface area contributed by atoms with Crippen LogP contribution in [0, 0.1) is 0 Å². The minimum absolute atomic E-state index is 0.0363. The van der Waals surface area contributed by atoms with Crippen LogP contribution in [0.15, 0.2) is 84.9 Å². The minimum atomic E-state index is -1.19. The fraction of sp³-hybridized carbons (Fsp3) is 0.314. The number of benzene rings is 3. The number of hydrogen-bond donors (Lipinski definition) is 10. The van der Waals surface area contributed by atoms with Crippen LogP contribution in [0.5, 0.6) is 5.75 Å². The zero-order chi connectivity index (χ0) is 37.3. The highest BCUT2D eigenvalue weighted by atomic mass is 32.1. The molecule has 0 unspecified atom stereocenters. The number of aromatic hydroxyl groups is 1. The first-order valence-corrected chi connectivity index (χ1v) is 16.7. The van der Waals surface area contributed by atoms with Crippen LogP contribution in [-0.4, -0.2) is 83.1 Å². The average molecular weight is 721 g/mol. The van der Waals surface area contributed by atoms with E-state index in [1.807, 2.05) is 0 Å². The summed E-state index contributed by atoms with van der Waals surface area (Å²) < 4.78 is 0. The minimum Gasteiger partial charge on any atom is -0.508 e. The van der Waals surface area contributed by atoms with Gasteiger partial charge in [-0.05, 0) is 42.2 Å². The predicted molar refractivity (Wildman–Crippen MR) is 193 cm³/mol.